The molecule has 2 bridgehead atoms. The Hall–Kier alpha value is -3.66. The average molecular weight is 512 g/mol. The fourth-order valence-corrected chi connectivity index (χ4v) is 4.57. The second kappa shape index (κ2) is 13.6. The minimum Gasteiger partial charge on any atom is -0.467 e. The highest BCUT2D eigenvalue weighted by atomic mass is 16.5. The molecular weight excluding hydrogens is 474 g/mol. The summed E-state index contributed by atoms with van der Waals surface area (Å²) in [5.41, 5.74) is 7.72. The number of carbonyl (C=O) groups excluding carboxylic acids is 4. The average Bonchev–Trinajstić information content (AvgIpc) is 3.23. The quantitative estimate of drug-likeness (QED) is 0.261. The van der Waals surface area contributed by atoms with Gasteiger partial charge in [0.1, 0.15) is 18.1 Å². The smallest absolute Gasteiger partial charge is 0.328 e. The number of aromatic nitrogens is 1. The van der Waals surface area contributed by atoms with Gasteiger partial charge in [-0.1, -0.05) is 30.4 Å². The second-order valence-corrected chi connectivity index (χ2v) is 9.25. The number of nitrogens with one attached hydrogen (secondary N) is 3. The van der Waals surface area contributed by atoms with Crippen LogP contribution in [0, 0.1) is 0 Å². The van der Waals surface area contributed by atoms with Gasteiger partial charge in [0.2, 0.25) is 17.7 Å². The van der Waals surface area contributed by atoms with Crippen LogP contribution in [0.15, 0.2) is 42.6 Å². The summed E-state index contributed by atoms with van der Waals surface area (Å²) in [5.74, 6) is -1.84. The number of ether oxygens (including phenoxy) is 1. The zero-order valence-corrected chi connectivity index (χ0v) is 21.5. The summed E-state index contributed by atoms with van der Waals surface area (Å²) < 4.78 is 6.99. The Bertz CT molecular complexity index is 1140. The number of amides is 3. The zero-order valence-electron chi connectivity index (χ0n) is 21.5. The molecule has 1 aliphatic heterocycles. The van der Waals surface area contributed by atoms with Crippen LogP contribution >= 0.6 is 0 Å². The summed E-state index contributed by atoms with van der Waals surface area (Å²) in [6.45, 7) is 2.39. The van der Waals surface area contributed by atoms with E-state index in [9.17, 15) is 19.2 Å². The molecule has 3 unspecified atom stereocenters. The highest BCUT2D eigenvalue weighted by molar-refractivity contribution is 5.93. The lowest BCUT2D eigenvalue weighted by Crippen LogP contribution is -2.55. The van der Waals surface area contributed by atoms with Crippen LogP contribution in [-0.4, -0.2) is 60.0 Å². The SMILES string of the molecule is COC(=O)C1C/C=C\Cn2cc(c3ccccc32)CCC(NC(C)=O)C(=O)NC(CCCCN)C(=O)N1. The van der Waals surface area contributed by atoms with E-state index in [1.807, 2.05) is 36.4 Å². The number of benzene rings is 1. The van der Waals surface area contributed by atoms with Gasteiger partial charge in [-0.3, -0.25) is 14.4 Å². The van der Waals surface area contributed by atoms with Crippen LogP contribution in [0.3, 0.4) is 0 Å². The molecule has 37 heavy (non-hydrogen) atoms. The number of para-hydroxylation sites is 1. The summed E-state index contributed by atoms with van der Waals surface area (Å²) in [5, 5.41) is 9.33. The van der Waals surface area contributed by atoms with Crippen molar-refractivity contribution in [1.82, 2.24) is 20.5 Å². The topological polar surface area (TPSA) is 145 Å². The van der Waals surface area contributed by atoms with Crippen LogP contribution in [0.2, 0.25) is 0 Å². The first kappa shape index (κ1) is 27.9. The number of hydrogen-bond acceptors (Lipinski definition) is 6. The number of esters is 1. The zero-order chi connectivity index (χ0) is 26.8. The Labute approximate surface area is 217 Å². The van der Waals surface area contributed by atoms with E-state index >= 15 is 0 Å². The predicted octanol–water partition coefficient (Wildman–Crippen LogP) is 1.31. The van der Waals surface area contributed by atoms with Crippen molar-refractivity contribution >= 4 is 34.6 Å². The molecule has 2 heterocycles. The van der Waals surface area contributed by atoms with E-state index in [-0.39, 0.29) is 12.3 Å². The molecule has 200 valence electrons. The van der Waals surface area contributed by atoms with Gasteiger partial charge in [-0.15, -0.1) is 0 Å². The number of rotatable bonds is 6. The molecule has 2 aromatic rings. The van der Waals surface area contributed by atoms with Gasteiger partial charge in [-0.2, -0.15) is 0 Å². The number of unbranched alkanes of at least 4 members (excludes halogenated alkanes) is 1. The van der Waals surface area contributed by atoms with Crippen molar-refractivity contribution in [3.05, 3.63) is 48.2 Å². The first-order chi connectivity index (χ1) is 17.8. The fraction of sp³-hybridized carbons (Fsp3) is 0.481. The van der Waals surface area contributed by atoms with Gasteiger partial charge in [-0.25, -0.2) is 4.79 Å². The van der Waals surface area contributed by atoms with Gasteiger partial charge in [-0.05, 0) is 56.7 Å². The molecule has 3 atom stereocenters. The number of hydrogen-bond donors (Lipinski definition) is 4. The molecular formula is C27H37N5O5. The number of nitrogens with two attached hydrogens (primary N) is 1. The second-order valence-electron chi connectivity index (χ2n) is 9.25. The third-order valence-electron chi connectivity index (χ3n) is 6.49. The summed E-state index contributed by atoms with van der Waals surface area (Å²) >= 11 is 0. The van der Waals surface area contributed by atoms with Crippen molar-refractivity contribution in [2.75, 3.05) is 13.7 Å². The van der Waals surface area contributed by atoms with Crippen LogP contribution in [0.4, 0.5) is 0 Å². The van der Waals surface area contributed by atoms with E-state index in [1.165, 1.54) is 14.0 Å². The number of aryl methyl sites for hydroxylation is 1. The molecule has 0 fully saturated rings. The van der Waals surface area contributed by atoms with Crippen molar-refractivity contribution < 1.29 is 23.9 Å². The van der Waals surface area contributed by atoms with Gasteiger partial charge in [0.25, 0.3) is 0 Å². The molecule has 10 heteroatoms. The number of methoxy groups -OCH3 is 1. The Balaban J connectivity index is 1.97. The molecule has 0 saturated heterocycles. The summed E-state index contributed by atoms with van der Waals surface area (Å²) in [7, 11) is 1.27. The third-order valence-corrected chi connectivity index (χ3v) is 6.49. The Morgan fingerprint density at radius 2 is 1.92 bits per heavy atom. The maximum absolute atomic E-state index is 13.3. The molecule has 0 aliphatic carbocycles. The highest BCUT2D eigenvalue weighted by Gasteiger charge is 2.29. The lowest BCUT2D eigenvalue weighted by atomic mass is 10.0. The number of nitrogens with zero attached hydrogens (tertiary/aromatic N) is 1. The van der Waals surface area contributed by atoms with E-state index in [2.05, 4.69) is 26.7 Å². The van der Waals surface area contributed by atoms with E-state index < -0.39 is 35.9 Å². The van der Waals surface area contributed by atoms with Crippen molar-refractivity contribution in [3.8, 4) is 0 Å². The standard InChI is InChI=1S/C27H37N5O5/c1-18(33)29-22-14-13-19-17-32(24-12-4-3-9-20(19)24)16-8-6-11-23(27(36)37-2)31-25(34)21(30-26(22)35)10-5-7-15-28/h3-4,6,8-9,12,17,21-23H,5,7,10-11,13-16,28H2,1-2H3,(H,29,33)(H,30,35)(H,31,34)/b8-6-. The Morgan fingerprint density at radius 1 is 1.14 bits per heavy atom. The normalized spacial score (nSPS) is 22.1. The molecule has 1 aliphatic rings. The molecule has 3 amide bonds. The number of fused-ring (bicyclic) bond motifs is 5. The van der Waals surface area contributed by atoms with Gasteiger partial charge in [0.15, 0.2) is 0 Å². The van der Waals surface area contributed by atoms with E-state index in [1.54, 1.807) is 0 Å². The first-order valence-electron chi connectivity index (χ1n) is 12.7. The van der Waals surface area contributed by atoms with E-state index in [4.69, 9.17) is 10.5 Å². The van der Waals surface area contributed by atoms with Crippen LogP contribution in [0.5, 0.6) is 0 Å². The van der Waals surface area contributed by atoms with Crippen LogP contribution in [0.25, 0.3) is 10.9 Å². The summed E-state index contributed by atoms with van der Waals surface area (Å²) in [4.78, 5) is 50.8. The monoisotopic (exact) mass is 511 g/mol. The predicted molar refractivity (Wildman–Crippen MR) is 140 cm³/mol. The largest absolute Gasteiger partial charge is 0.467 e. The van der Waals surface area contributed by atoms with Crippen molar-refractivity contribution in [2.24, 2.45) is 5.73 Å². The van der Waals surface area contributed by atoms with Gasteiger partial charge in [0.05, 0.1) is 7.11 Å². The first-order valence-corrected chi connectivity index (χ1v) is 12.7. The van der Waals surface area contributed by atoms with E-state index in [0.717, 1.165) is 16.5 Å². The van der Waals surface area contributed by atoms with E-state index in [0.29, 0.717) is 45.2 Å². The van der Waals surface area contributed by atoms with Crippen LogP contribution in [0.1, 0.15) is 44.6 Å². The molecule has 1 aromatic carbocycles. The maximum Gasteiger partial charge on any atom is 0.328 e. The minimum atomic E-state index is -0.904. The van der Waals surface area contributed by atoms with Crippen LogP contribution < -0.4 is 21.7 Å². The summed E-state index contributed by atoms with van der Waals surface area (Å²) in [6, 6.07) is 5.39. The van der Waals surface area contributed by atoms with Gasteiger partial charge in [0, 0.05) is 30.6 Å². The molecule has 5 N–H and O–H groups in total. The summed E-state index contributed by atoms with van der Waals surface area (Å²) in [6.07, 6.45) is 8.65. The lowest BCUT2D eigenvalue weighted by Gasteiger charge is -2.24. The van der Waals surface area contributed by atoms with Crippen LogP contribution in [-0.2, 0) is 36.9 Å². The Kier molecular flexibility index (Phi) is 10.3. The van der Waals surface area contributed by atoms with Crippen molar-refractivity contribution in [2.45, 2.75) is 70.1 Å². The Morgan fingerprint density at radius 3 is 2.65 bits per heavy atom. The molecule has 0 spiro atoms. The molecule has 10 nitrogen and oxygen atoms in total. The van der Waals surface area contributed by atoms with Gasteiger partial charge < -0.3 is 31.0 Å². The highest BCUT2D eigenvalue weighted by Crippen LogP contribution is 2.23. The maximum atomic E-state index is 13.3. The molecule has 1 aromatic heterocycles. The van der Waals surface area contributed by atoms with Gasteiger partial charge >= 0.3 is 5.97 Å². The molecule has 0 radical (unpaired) electrons. The molecule has 3 rings (SSSR count). The lowest BCUT2D eigenvalue weighted by molar-refractivity contribution is -0.145. The third kappa shape index (κ3) is 7.66. The van der Waals surface area contributed by atoms with Crippen molar-refractivity contribution in [3.63, 3.8) is 0 Å². The number of allylic oxidation sites excluding steroid dienone is 1. The minimum absolute atomic E-state index is 0.239. The number of carbonyl (C=O) groups is 4. The van der Waals surface area contributed by atoms with Crippen molar-refractivity contribution in [1.29, 1.82) is 0 Å². The fourth-order valence-electron chi connectivity index (χ4n) is 4.57. The molecule has 0 saturated carbocycles.